The van der Waals surface area contributed by atoms with Crippen LogP contribution in [-0.4, -0.2) is 11.1 Å². The van der Waals surface area contributed by atoms with E-state index in [1.54, 1.807) is 6.08 Å². The summed E-state index contributed by atoms with van der Waals surface area (Å²) in [5, 5.41) is 8.57. The molecule has 0 spiro atoms. The molecular weight excluding hydrogens is 128 g/mol. The first kappa shape index (κ1) is 9.21. The minimum Gasteiger partial charge on any atom is -0.478 e. The van der Waals surface area contributed by atoms with Crippen molar-refractivity contribution in [3.05, 3.63) is 11.6 Å². The fraction of sp³-hybridized carbons (Fsp3) is 0.625. The predicted octanol–water partition coefficient (Wildman–Crippen LogP) is 2.21. The maximum atomic E-state index is 10.4. The zero-order valence-electron chi connectivity index (χ0n) is 6.55. The molecule has 0 atom stereocenters. The molecule has 1 N–H and O–H groups in total. The van der Waals surface area contributed by atoms with Gasteiger partial charge in [0.05, 0.1) is 0 Å². The Balaban J connectivity index is 3.98. The summed E-state index contributed by atoms with van der Waals surface area (Å²) in [4.78, 5) is 10.4. The molecule has 58 valence electrons. The third-order valence-corrected chi connectivity index (χ3v) is 1.24. The van der Waals surface area contributed by atoms with Gasteiger partial charge in [0.1, 0.15) is 0 Å². The Kier molecular flexibility index (Phi) is 4.63. The maximum Gasteiger partial charge on any atom is 0.331 e. The number of hydrogen-bond acceptors (Lipinski definition) is 1. The lowest BCUT2D eigenvalue weighted by Crippen LogP contribution is -1.99. The van der Waals surface area contributed by atoms with Gasteiger partial charge in [-0.25, -0.2) is 4.79 Å². The van der Waals surface area contributed by atoms with Crippen molar-refractivity contribution in [2.24, 2.45) is 0 Å². The lowest BCUT2D eigenvalue weighted by atomic mass is 10.1. The highest BCUT2D eigenvalue weighted by atomic mass is 16.4. The standard InChI is InChI=1S/C8H14O2/c1-3-5-7(6-4-2)8(9)10/h5H,3-4,6H2,1-2H3,(H,9,10)/b7-5+. The highest BCUT2D eigenvalue weighted by Gasteiger charge is 2.02. The van der Waals surface area contributed by atoms with E-state index in [2.05, 4.69) is 0 Å². The number of carbonyl (C=O) groups is 1. The van der Waals surface area contributed by atoms with Crippen LogP contribution in [0.4, 0.5) is 0 Å². The van der Waals surface area contributed by atoms with E-state index < -0.39 is 5.97 Å². The highest BCUT2D eigenvalue weighted by molar-refractivity contribution is 5.86. The number of hydrogen-bond donors (Lipinski definition) is 1. The quantitative estimate of drug-likeness (QED) is 0.611. The van der Waals surface area contributed by atoms with Crippen LogP contribution >= 0.6 is 0 Å². The van der Waals surface area contributed by atoms with E-state index in [4.69, 9.17) is 5.11 Å². The molecule has 0 aliphatic carbocycles. The molecule has 0 aliphatic rings. The molecule has 0 aliphatic heterocycles. The summed E-state index contributed by atoms with van der Waals surface area (Å²) >= 11 is 0. The first-order valence-corrected chi connectivity index (χ1v) is 3.64. The molecule has 0 fully saturated rings. The second-order valence-corrected chi connectivity index (χ2v) is 2.19. The van der Waals surface area contributed by atoms with Gasteiger partial charge in [-0.1, -0.05) is 26.3 Å². The Morgan fingerprint density at radius 3 is 2.40 bits per heavy atom. The fourth-order valence-corrected chi connectivity index (χ4v) is 0.812. The molecule has 0 bridgehead atoms. The van der Waals surface area contributed by atoms with Crippen LogP contribution < -0.4 is 0 Å². The van der Waals surface area contributed by atoms with E-state index in [9.17, 15) is 4.79 Å². The smallest absolute Gasteiger partial charge is 0.331 e. The van der Waals surface area contributed by atoms with Crippen molar-refractivity contribution in [1.82, 2.24) is 0 Å². The van der Waals surface area contributed by atoms with Gasteiger partial charge in [-0.2, -0.15) is 0 Å². The summed E-state index contributed by atoms with van der Waals surface area (Å²) in [5.41, 5.74) is 0.546. The molecule has 0 aromatic heterocycles. The predicted molar refractivity (Wildman–Crippen MR) is 40.9 cm³/mol. The van der Waals surface area contributed by atoms with Gasteiger partial charge < -0.3 is 5.11 Å². The maximum absolute atomic E-state index is 10.4. The monoisotopic (exact) mass is 142 g/mol. The number of rotatable bonds is 4. The molecule has 0 aromatic carbocycles. The zero-order valence-corrected chi connectivity index (χ0v) is 6.55. The van der Waals surface area contributed by atoms with Crippen molar-refractivity contribution in [2.75, 3.05) is 0 Å². The van der Waals surface area contributed by atoms with Gasteiger partial charge in [0, 0.05) is 5.57 Å². The van der Waals surface area contributed by atoms with Crippen molar-refractivity contribution in [3.8, 4) is 0 Å². The normalized spacial score (nSPS) is 11.6. The number of carboxylic acid groups (broad SMARTS) is 1. The summed E-state index contributed by atoms with van der Waals surface area (Å²) in [6.45, 7) is 3.92. The van der Waals surface area contributed by atoms with Crippen LogP contribution in [0.3, 0.4) is 0 Å². The Morgan fingerprint density at radius 2 is 2.10 bits per heavy atom. The van der Waals surface area contributed by atoms with Gasteiger partial charge in [-0.05, 0) is 12.8 Å². The van der Waals surface area contributed by atoms with E-state index in [1.165, 1.54) is 0 Å². The molecule has 2 nitrogen and oxygen atoms in total. The lowest BCUT2D eigenvalue weighted by molar-refractivity contribution is -0.132. The molecular formula is C8H14O2. The van der Waals surface area contributed by atoms with Gasteiger partial charge >= 0.3 is 5.97 Å². The van der Waals surface area contributed by atoms with E-state index in [-0.39, 0.29) is 0 Å². The molecule has 0 radical (unpaired) electrons. The van der Waals surface area contributed by atoms with Gasteiger partial charge in [-0.3, -0.25) is 0 Å². The van der Waals surface area contributed by atoms with Crippen LogP contribution in [0.25, 0.3) is 0 Å². The molecule has 2 heteroatoms. The largest absolute Gasteiger partial charge is 0.478 e. The van der Waals surface area contributed by atoms with Crippen LogP contribution in [-0.2, 0) is 4.79 Å². The molecule has 10 heavy (non-hydrogen) atoms. The zero-order chi connectivity index (χ0) is 7.98. The Morgan fingerprint density at radius 1 is 1.50 bits per heavy atom. The fourth-order valence-electron chi connectivity index (χ4n) is 0.812. The Hall–Kier alpha value is -0.790. The second kappa shape index (κ2) is 5.03. The van der Waals surface area contributed by atoms with E-state index >= 15 is 0 Å². The molecule has 0 rings (SSSR count). The van der Waals surface area contributed by atoms with Crippen molar-refractivity contribution in [2.45, 2.75) is 33.1 Å². The number of allylic oxidation sites excluding steroid dienone is 1. The second-order valence-electron chi connectivity index (χ2n) is 2.19. The minimum atomic E-state index is -0.774. The highest BCUT2D eigenvalue weighted by Crippen LogP contribution is 2.05. The van der Waals surface area contributed by atoms with Crippen LogP contribution in [0.1, 0.15) is 33.1 Å². The summed E-state index contributed by atoms with van der Waals surface area (Å²) in [5.74, 6) is -0.774. The van der Waals surface area contributed by atoms with Gasteiger partial charge in [0.15, 0.2) is 0 Å². The van der Waals surface area contributed by atoms with Gasteiger partial charge in [0.2, 0.25) is 0 Å². The Labute approximate surface area is 61.6 Å². The summed E-state index contributed by atoms with van der Waals surface area (Å²) in [6.07, 6.45) is 4.16. The average Bonchev–Trinajstić information content (AvgIpc) is 1.87. The molecule has 0 amide bonds. The van der Waals surface area contributed by atoms with E-state index in [1.807, 2.05) is 13.8 Å². The van der Waals surface area contributed by atoms with Crippen molar-refractivity contribution in [1.29, 1.82) is 0 Å². The summed E-state index contributed by atoms with van der Waals surface area (Å²) < 4.78 is 0. The summed E-state index contributed by atoms with van der Waals surface area (Å²) in [6, 6.07) is 0. The Bertz CT molecular complexity index is 136. The minimum absolute atomic E-state index is 0.546. The van der Waals surface area contributed by atoms with Crippen molar-refractivity contribution >= 4 is 5.97 Å². The topological polar surface area (TPSA) is 37.3 Å². The first-order valence-electron chi connectivity index (χ1n) is 3.64. The van der Waals surface area contributed by atoms with Crippen LogP contribution in [0.2, 0.25) is 0 Å². The molecule has 0 aromatic rings. The first-order chi connectivity index (χ1) is 4.72. The van der Waals surface area contributed by atoms with Crippen molar-refractivity contribution < 1.29 is 9.90 Å². The number of carboxylic acids is 1. The van der Waals surface area contributed by atoms with E-state index in [0.717, 1.165) is 12.8 Å². The number of aliphatic carboxylic acids is 1. The van der Waals surface area contributed by atoms with Crippen LogP contribution in [0.5, 0.6) is 0 Å². The molecule has 0 saturated heterocycles. The van der Waals surface area contributed by atoms with Crippen LogP contribution in [0.15, 0.2) is 11.6 Å². The average molecular weight is 142 g/mol. The molecule has 0 saturated carbocycles. The third-order valence-electron chi connectivity index (χ3n) is 1.24. The van der Waals surface area contributed by atoms with Gasteiger partial charge in [0.25, 0.3) is 0 Å². The van der Waals surface area contributed by atoms with Crippen LogP contribution in [0, 0.1) is 0 Å². The lowest BCUT2D eigenvalue weighted by Gasteiger charge is -1.96. The third kappa shape index (κ3) is 3.28. The SMILES string of the molecule is CC/C=C(\CCC)C(=O)O. The summed E-state index contributed by atoms with van der Waals surface area (Å²) in [7, 11) is 0. The van der Waals surface area contributed by atoms with Crippen molar-refractivity contribution in [3.63, 3.8) is 0 Å². The van der Waals surface area contributed by atoms with E-state index in [0.29, 0.717) is 12.0 Å². The molecule has 0 heterocycles. The molecule has 0 unspecified atom stereocenters. The van der Waals surface area contributed by atoms with Gasteiger partial charge in [-0.15, -0.1) is 0 Å².